The molecule has 1 heterocycles. The van der Waals surface area contributed by atoms with E-state index in [1.54, 1.807) is 6.07 Å². The van der Waals surface area contributed by atoms with Gasteiger partial charge in [-0.05, 0) is 18.6 Å². The van der Waals surface area contributed by atoms with Crippen LogP contribution in [0.15, 0.2) is 18.2 Å². The molecule has 0 aromatic heterocycles. The Morgan fingerprint density at radius 1 is 1.37 bits per heavy atom. The topological polar surface area (TPSA) is 29.5 Å². The van der Waals surface area contributed by atoms with Crippen LogP contribution in [-0.2, 0) is 0 Å². The summed E-state index contributed by atoms with van der Waals surface area (Å²) in [6, 6.07) is 5.49. The van der Waals surface area contributed by atoms with E-state index in [1.807, 2.05) is 19.1 Å². The number of carbonyl (C=O) groups excluding carboxylic acids is 1. The first kappa shape index (κ1) is 15.5. The maximum Gasteiger partial charge on any atom is 0.258 e. The van der Waals surface area contributed by atoms with Crippen molar-refractivity contribution in [1.29, 1.82) is 0 Å². The highest BCUT2D eigenvalue weighted by molar-refractivity contribution is 5.98. The Bertz CT molecular complexity index is 421. The maximum atomic E-state index is 12.3. The van der Waals surface area contributed by atoms with Gasteiger partial charge in [0.1, 0.15) is 19.0 Å². The average molecular weight is 267 g/mol. The molecule has 0 saturated heterocycles. The van der Waals surface area contributed by atoms with Gasteiger partial charge in [0.05, 0.1) is 12.1 Å². The number of halogens is 1. The van der Waals surface area contributed by atoms with Gasteiger partial charge < -0.3 is 9.64 Å². The van der Waals surface area contributed by atoms with Gasteiger partial charge in [0.15, 0.2) is 0 Å². The minimum Gasteiger partial charge on any atom is -0.491 e. The molecule has 0 saturated carbocycles. The lowest BCUT2D eigenvalue weighted by Gasteiger charge is -2.18. The number of fused-ring (bicyclic) bond motifs is 1. The normalized spacial score (nSPS) is 13.9. The summed E-state index contributed by atoms with van der Waals surface area (Å²) in [6.07, 6.45) is 1.25. The van der Waals surface area contributed by atoms with Crippen molar-refractivity contribution in [2.24, 2.45) is 0 Å². The molecule has 1 aromatic rings. The van der Waals surface area contributed by atoms with Crippen LogP contribution in [0.5, 0.6) is 5.75 Å². The third kappa shape index (κ3) is 3.94. The van der Waals surface area contributed by atoms with E-state index in [2.05, 4.69) is 13.8 Å². The number of carbonyl (C=O) groups is 1. The monoisotopic (exact) mass is 267 g/mol. The van der Waals surface area contributed by atoms with Crippen molar-refractivity contribution >= 4 is 5.91 Å². The van der Waals surface area contributed by atoms with Crippen LogP contribution in [0.4, 0.5) is 4.39 Å². The van der Waals surface area contributed by atoms with Gasteiger partial charge in [-0.25, -0.2) is 4.39 Å². The van der Waals surface area contributed by atoms with Crippen LogP contribution in [-0.4, -0.2) is 37.2 Å². The summed E-state index contributed by atoms with van der Waals surface area (Å²) >= 11 is 0. The van der Waals surface area contributed by atoms with Crippen LogP contribution in [0, 0.1) is 6.92 Å². The second-order valence-corrected chi connectivity index (χ2v) is 4.48. The maximum absolute atomic E-state index is 12.3. The second-order valence-electron chi connectivity index (χ2n) is 4.48. The van der Waals surface area contributed by atoms with Crippen LogP contribution < -0.4 is 4.74 Å². The number of rotatable bonds is 2. The van der Waals surface area contributed by atoms with E-state index in [4.69, 9.17) is 4.74 Å². The highest BCUT2D eigenvalue weighted by Gasteiger charge is 2.24. The molecule has 0 N–H and O–H groups in total. The molecule has 4 heteroatoms. The van der Waals surface area contributed by atoms with Gasteiger partial charge in [-0.1, -0.05) is 32.4 Å². The summed E-state index contributed by atoms with van der Waals surface area (Å²) in [7, 11) is 0. The molecule has 1 amide bonds. The molecule has 0 spiro atoms. The number of hydrogen-bond acceptors (Lipinski definition) is 2. The predicted octanol–water partition coefficient (Wildman–Crippen LogP) is 3.22. The first-order valence-corrected chi connectivity index (χ1v) is 6.73. The second kappa shape index (κ2) is 7.77. The molecule has 0 unspecified atom stereocenters. The Morgan fingerprint density at radius 3 is 2.68 bits per heavy atom. The van der Waals surface area contributed by atoms with Crippen LogP contribution in [0.2, 0.25) is 0 Å². The zero-order chi connectivity index (χ0) is 14.3. The molecule has 0 aliphatic carbocycles. The number of hydrogen-bond donors (Lipinski definition) is 0. The number of ether oxygens (including phenoxy) is 1. The minimum atomic E-state index is -0.521. The first-order chi connectivity index (χ1) is 9.15. The SMILES string of the molecule is CCC.Cc1cccc2c1C(=O)N(CCF)CCO2. The highest BCUT2D eigenvalue weighted by Crippen LogP contribution is 2.25. The Labute approximate surface area is 114 Å². The first-order valence-electron chi connectivity index (χ1n) is 6.73. The Balaban J connectivity index is 0.000000550. The van der Waals surface area contributed by atoms with Crippen molar-refractivity contribution in [2.75, 3.05) is 26.4 Å². The number of alkyl halides is 1. The molecule has 1 aromatic carbocycles. The van der Waals surface area contributed by atoms with Crippen molar-refractivity contribution in [3.05, 3.63) is 29.3 Å². The standard InChI is InChI=1S/C12H14FNO2.C3H8/c1-9-3-2-4-10-11(9)12(15)14(6-5-13)7-8-16-10;1-3-2/h2-4H,5-8H2,1H3;3H2,1-2H3. The Morgan fingerprint density at radius 2 is 2.05 bits per heavy atom. The third-order valence-corrected chi connectivity index (χ3v) is 2.71. The van der Waals surface area contributed by atoms with E-state index < -0.39 is 6.67 Å². The summed E-state index contributed by atoms with van der Waals surface area (Å²) < 4.78 is 17.8. The van der Waals surface area contributed by atoms with Gasteiger partial charge in [-0.2, -0.15) is 0 Å². The molecule has 3 nitrogen and oxygen atoms in total. The molecule has 0 fully saturated rings. The highest BCUT2D eigenvalue weighted by atomic mass is 19.1. The zero-order valence-corrected chi connectivity index (χ0v) is 11.9. The smallest absolute Gasteiger partial charge is 0.258 e. The fourth-order valence-corrected chi connectivity index (χ4v) is 1.88. The molecule has 0 radical (unpaired) electrons. The van der Waals surface area contributed by atoms with Crippen molar-refractivity contribution in [1.82, 2.24) is 4.90 Å². The van der Waals surface area contributed by atoms with Gasteiger partial charge >= 0.3 is 0 Å². The number of amides is 1. The number of aryl methyl sites for hydroxylation is 1. The van der Waals surface area contributed by atoms with Gasteiger partial charge in [0.2, 0.25) is 0 Å². The molecule has 19 heavy (non-hydrogen) atoms. The van der Waals surface area contributed by atoms with Crippen LogP contribution in [0.1, 0.15) is 36.2 Å². The fourth-order valence-electron chi connectivity index (χ4n) is 1.88. The van der Waals surface area contributed by atoms with Gasteiger partial charge in [-0.15, -0.1) is 0 Å². The summed E-state index contributed by atoms with van der Waals surface area (Å²) in [5, 5.41) is 0. The molecule has 1 aliphatic rings. The molecule has 2 rings (SSSR count). The molecule has 1 aliphatic heterocycles. The van der Waals surface area contributed by atoms with Crippen LogP contribution >= 0.6 is 0 Å². The lowest BCUT2D eigenvalue weighted by Crippen LogP contribution is -2.34. The average Bonchev–Trinajstić information content (AvgIpc) is 2.53. The Hall–Kier alpha value is -1.58. The van der Waals surface area contributed by atoms with Gasteiger partial charge in [0, 0.05) is 6.54 Å². The Kier molecular flexibility index (Phi) is 6.33. The van der Waals surface area contributed by atoms with Crippen molar-refractivity contribution in [2.45, 2.75) is 27.2 Å². The lowest BCUT2D eigenvalue weighted by atomic mass is 10.1. The molecule has 106 valence electrons. The van der Waals surface area contributed by atoms with E-state index >= 15 is 0 Å². The predicted molar refractivity (Wildman–Crippen MR) is 74.5 cm³/mol. The number of nitrogens with zero attached hydrogens (tertiary/aromatic N) is 1. The van der Waals surface area contributed by atoms with Crippen molar-refractivity contribution < 1.29 is 13.9 Å². The van der Waals surface area contributed by atoms with E-state index in [0.717, 1.165) is 5.56 Å². The molecule has 0 atom stereocenters. The molecular formula is C15H22FNO2. The summed E-state index contributed by atoms with van der Waals surface area (Å²) in [5.74, 6) is 0.467. The lowest BCUT2D eigenvalue weighted by molar-refractivity contribution is 0.0744. The van der Waals surface area contributed by atoms with E-state index in [-0.39, 0.29) is 12.5 Å². The summed E-state index contributed by atoms with van der Waals surface area (Å²) in [5.41, 5.74) is 1.43. The quantitative estimate of drug-likeness (QED) is 0.823. The van der Waals surface area contributed by atoms with Gasteiger partial charge in [0.25, 0.3) is 5.91 Å². The largest absolute Gasteiger partial charge is 0.491 e. The fraction of sp³-hybridized carbons (Fsp3) is 0.533. The van der Waals surface area contributed by atoms with Crippen molar-refractivity contribution in [3.8, 4) is 5.75 Å². The van der Waals surface area contributed by atoms with E-state index in [9.17, 15) is 9.18 Å². The molecular weight excluding hydrogens is 245 g/mol. The van der Waals surface area contributed by atoms with Crippen molar-refractivity contribution in [3.63, 3.8) is 0 Å². The summed E-state index contributed by atoms with van der Waals surface area (Å²) in [4.78, 5) is 13.6. The third-order valence-electron chi connectivity index (χ3n) is 2.71. The van der Waals surface area contributed by atoms with Crippen LogP contribution in [0.25, 0.3) is 0 Å². The van der Waals surface area contributed by atoms with E-state index in [0.29, 0.717) is 24.5 Å². The number of benzene rings is 1. The summed E-state index contributed by atoms with van der Waals surface area (Å²) in [6.45, 7) is 6.58. The minimum absolute atomic E-state index is 0.135. The van der Waals surface area contributed by atoms with E-state index in [1.165, 1.54) is 11.3 Å². The van der Waals surface area contributed by atoms with Crippen LogP contribution in [0.3, 0.4) is 0 Å². The van der Waals surface area contributed by atoms with Gasteiger partial charge in [-0.3, -0.25) is 4.79 Å². The zero-order valence-electron chi connectivity index (χ0n) is 11.9. The molecule has 0 bridgehead atoms.